The molecule has 26 heavy (non-hydrogen) atoms. The van der Waals surface area contributed by atoms with Crippen molar-refractivity contribution in [3.05, 3.63) is 64.7 Å². The van der Waals surface area contributed by atoms with Crippen LogP contribution in [0.5, 0.6) is 11.5 Å². The van der Waals surface area contributed by atoms with Crippen molar-refractivity contribution in [2.24, 2.45) is 0 Å². The molecule has 134 valence electrons. The van der Waals surface area contributed by atoms with Crippen LogP contribution in [0.1, 0.15) is 10.6 Å². The molecule has 0 fully saturated rings. The highest BCUT2D eigenvalue weighted by Gasteiger charge is 2.18. The fourth-order valence-corrected chi connectivity index (χ4v) is 3.64. The molecule has 0 unspecified atom stereocenters. The third-order valence-electron chi connectivity index (χ3n) is 3.97. The molecule has 0 atom stereocenters. The molecule has 3 heterocycles. The van der Waals surface area contributed by atoms with Crippen molar-refractivity contribution in [2.75, 3.05) is 18.1 Å². The number of nitrogens with one attached hydrogen (secondary N) is 1. The number of thiophene rings is 1. The van der Waals surface area contributed by atoms with E-state index in [-0.39, 0.29) is 0 Å². The van der Waals surface area contributed by atoms with Gasteiger partial charge in [0.05, 0.1) is 19.4 Å². The molecule has 0 bridgehead atoms. The van der Waals surface area contributed by atoms with Gasteiger partial charge < -0.3 is 24.1 Å². The van der Waals surface area contributed by atoms with Gasteiger partial charge in [0.1, 0.15) is 19.0 Å². The lowest BCUT2D eigenvalue weighted by atomic mass is 10.2. The predicted molar refractivity (Wildman–Crippen MR) is 106 cm³/mol. The van der Waals surface area contributed by atoms with Crippen molar-refractivity contribution in [3.63, 3.8) is 0 Å². The van der Waals surface area contributed by atoms with Gasteiger partial charge in [-0.15, -0.1) is 11.3 Å². The summed E-state index contributed by atoms with van der Waals surface area (Å²) in [6, 6.07) is 13.8. The number of hydrogen-bond donors (Lipinski definition) is 1. The van der Waals surface area contributed by atoms with Gasteiger partial charge in [0.15, 0.2) is 16.6 Å². The summed E-state index contributed by atoms with van der Waals surface area (Å²) < 4.78 is 16.7. The van der Waals surface area contributed by atoms with Crippen LogP contribution in [0, 0.1) is 0 Å². The first-order chi connectivity index (χ1) is 12.8. The highest BCUT2D eigenvalue weighted by molar-refractivity contribution is 7.80. The summed E-state index contributed by atoms with van der Waals surface area (Å²) in [5.74, 6) is 2.36. The van der Waals surface area contributed by atoms with Gasteiger partial charge in [-0.05, 0) is 47.9 Å². The first kappa shape index (κ1) is 16.9. The number of thiocarbonyl (C=S) groups is 1. The van der Waals surface area contributed by atoms with Gasteiger partial charge in [-0.25, -0.2) is 0 Å². The van der Waals surface area contributed by atoms with E-state index in [1.54, 1.807) is 17.6 Å². The van der Waals surface area contributed by atoms with Crippen LogP contribution in [0.3, 0.4) is 0 Å². The Morgan fingerprint density at radius 3 is 2.77 bits per heavy atom. The van der Waals surface area contributed by atoms with Crippen LogP contribution < -0.4 is 19.7 Å². The summed E-state index contributed by atoms with van der Waals surface area (Å²) in [7, 11) is 0. The lowest BCUT2D eigenvalue weighted by molar-refractivity contribution is 0.171. The van der Waals surface area contributed by atoms with E-state index in [2.05, 4.69) is 21.7 Å². The minimum Gasteiger partial charge on any atom is -0.486 e. The van der Waals surface area contributed by atoms with Crippen LogP contribution >= 0.6 is 23.6 Å². The Bertz CT molecular complexity index is 863. The van der Waals surface area contributed by atoms with Crippen LogP contribution in [-0.4, -0.2) is 18.3 Å². The highest BCUT2D eigenvalue weighted by atomic mass is 32.1. The predicted octanol–water partition coefficient (Wildman–Crippen LogP) is 4.19. The van der Waals surface area contributed by atoms with Gasteiger partial charge >= 0.3 is 0 Å². The Hall–Kier alpha value is -2.51. The van der Waals surface area contributed by atoms with Crippen LogP contribution in [0.25, 0.3) is 0 Å². The van der Waals surface area contributed by atoms with Gasteiger partial charge in [-0.1, -0.05) is 6.07 Å². The fourth-order valence-electron chi connectivity index (χ4n) is 2.71. The summed E-state index contributed by atoms with van der Waals surface area (Å²) >= 11 is 7.37. The number of rotatable bonds is 5. The first-order valence-corrected chi connectivity index (χ1v) is 9.58. The maximum Gasteiger partial charge on any atom is 0.174 e. The van der Waals surface area contributed by atoms with E-state index in [1.165, 1.54) is 4.88 Å². The molecule has 4 rings (SSSR count). The average molecular weight is 386 g/mol. The maximum absolute atomic E-state index is 5.72. The van der Waals surface area contributed by atoms with Crippen LogP contribution in [0.2, 0.25) is 0 Å². The Morgan fingerprint density at radius 2 is 2.00 bits per heavy atom. The van der Waals surface area contributed by atoms with E-state index in [0.717, 1.165) is 22.9 Å². The average Bonchev–Trinajstić information content (AvgIpc) is 3.37. The number of nitrogens with zero attached hydrogens (tertiary/aromatic N) is 1. The number of fused-ring (bicyclic) bond motifs is 1. The number of anilines is 1. The minimum absolute atomic E-state index is 0.539. The molecular formula is C19H18N2O3S2. The highest BCUT2D eigenvalue weighted by Crippen LogP contribution is 2.34. The van der Waals surface area contributed by atoms with Gasteiger partial charge in [0.2, 0.25) is 0 Å². The number of furan rings is 1. The quantitative estimate of drug-likeness (QED) is 0.664. The van der Waals surface area contributed by atoms with Crippen molar-refractivity contribution < 1.29 is 13.9 Å². The second kappa shape index (κ2) is 7.80. The van der Waals surface area contributed by atoms with Crippen molar-refractivity contribution in [1.29, 1.82) is 0 Å². The summed E-state index contributed by atoms with van der Waals surface area (Å²) in [4.78, 5) is 3.28. The molecule has 5 nitrogen and oxygen atoms in total. The number of hydrogen-bond acceptors (Lipinski definition) is 5. The first-order valence-electron chi connectivity index (χ1n) is 8.29. The monoisotopic (exact) mass is 386 g/mol. The smallest absolute Gasteiger partial charge is 0.174 e. The molecule has 1 aromatic carbocycles. The minimum atomic E-state index is 0.539. The van der Waals surface area contributed by atoms with E-state index in [0.29, 0.717) is 31.4 Å². The van der Waals surface area contributed by atoms with E-state index in [9.17, 15) is 0 Å². The standard InChI is InChI=1S/C19H18N2O3S2/c25-19(20-12-15-3-1-7-22-15)21(13-16-4-2-10-26-16)14-5-6-17-18(11-14)24-9-8-23-17/h1-7,10-11H,8-9,12-13H2,(H,20,25). The largest absolute Gasteiger partial charge is 0.486 e. The van der Waals surface area contributed by atoms with Crippen molar-refractivity contribution >= 4 is 34.4 Å². The van der Waals surface area contributed by atoms with E-state index >= 15 is 0 Å². The number of benzene rings is 1. The Kier molecular flexibility index (Phi) is 5.08. The molecule has 2 aromatic heterocycles. The van der Waals surface area contributed by atoms with Crippen LogP contribution in [0.15, 0.2) is 58.5 Å². The molecule has 0 aliphatic carbocycles. The maximum atomic E-state index is 5.72. The lowest BCUT2D eigenvalue weighted by Gasteiger charge is -2.27. The molecule has 7 heteroatoms. The Morgan fingerprint density at radius 1 is 1.12 bits per heavy atom. The SMILES string of the molecule is S=C(NCc1ccco1)N(Cc1cccs1)c1ccc2c(c1)OCCO2. The van der Waals surface area contributed by atoms with E-state index in [1.807, 2.05) is 36.4 Å². The topological polar surface area (TPSA) is 46.9 Å². The van der Waals surface area contributed by atoms with Gasteiger partial charge in [-0.3, -0.25) is 0 Å². The third kappa shape index (κ3) is 3.84. The second-order valence-corrected chi connectivity index (χ2v) is 7.15. The van der Waals surface area contributed by atoms with E-state index < -0.39 is 0 Å². The molecule has 0 saturated heterocycles. The van der Waals surface area contributed by atoms with Gasteiger partial charge in [0, 0.05) is 16.6 Å². The molecule has 3 aromatic rings. The number of ether oxygens (including phenoxy) is 2. The van der Waals surface area contributed by atoms with Crippen molar-refractivity contribution in [2.45, 2.75) is 13.1 Å². The van der Waals surface area contributed by atoms with Crippen molar-refractivity contribution in [1.82, 2.24) is 5.32 Å². The molecule has 1 aliphatic heterocycles. The van der Waals surface area contributed by atoms with Gasteiger partial charge in [0.25, 0.3) is 0 Å². The summed E-state index contributed by atoms with van der Waals surface area (Å²) in [6.07, 6.45) is 1.66. The molecule has 0 saturated carbocycles. The second-order valence-electron chi connectivity index (χ2n) is 5.73. The Labute approximate surface area is 161 Å². The van der Waals surface area contributed by atoms with E-state index in [4.69, 9.17) is 26.1 Å². The third-order valence-corrected chi connectivity index (χ3v) is 5.20. The molecule has 0 spiro atoms. The lowest BCUT2D eigenvalue weighted by Crippen LogP contribution is -2.39. The summed E-state index contributed by atoms with van der Waals surface area (Å²) in [5, 5.41) is 5.97. The zero-order valence-electron chi connectivity index (χ0n) is 14.0. The molecule has 0 radical (unpaired) electrons. The zero-order chi connectivity index (χ0) is 17.8. The molecule has 1 aliphatic rings. The van der Waals surface area contributed by atoms with Crippen LogP contribution in [0.4, 0.5) is 5.69 Å². The van der Waals surface area contributed by atoms with Crippen molar-refractivity contribution in [3.8, 4) is 11.5 Å². The molecular weight excluding hydrogens is 368 g/mol. The summed E-state index contributed by atoms with van der Waals surface area (Å²) in [6.45, 7) is 2.36. The fraction of sp³-hybridized carbons (Fsp3) is 0.211. The molecule has 1 N–H and O–H groups in total. The summed E-state index contributed by atoms with van der Waals surface area (Å²) in [5.41, 5.74) is 0.958. The normalized spacial score (nSPS) is 12.6. The van der Waals surface area contributed by atoms with Crippen LogP contribution in [-0.2, 0) is 13.1 Å². The molecule has 0 amide bonds. The Balaban J connectivity index is 1.56. The van der Waals surface area contributed by atoms with Gasteiger partial charge in [-0.2, -0.15) is 0 Å². The zero-order valence-corrected chi connectivity index (χ0v) is 15.6.